The van der Waals surface area contributed by atoms with Gasteiger partial charge in [-0.3, -0.25) is 0 Å². The maximum atomic E-state index is 9.73. The second-order valence-electron chi connectivity index (χ2n) is 0.860. The molecule has 0 aromatic carbocycles. The number of hydrogen-bond acceptors (Lipinski definition) is 3. The van der Waals surface area contributed by atoms with Crippen molar-refractivity contribution in [3.05, 3.63) is 0 Å². The molecule has 0 rings (SSSR count). The third kappa shape index (κ3) is 6.68. The molecule has 0 aliphatic carbocycles. The first-order chi connectivity index (χ1) is 3.77. The van der Waals surface area contributed by atoms with E-state index in [1.165, 1.54) is 0 Å². The third-order valence-corrected chi connectivity index (χ3v) is 0.852. The first kappa shape index (κ1) is 8.68. The van der Waals surface area contributed by atoms with Crippen LogP contribution in [0.4, 0.5) is 0 Å². The Morgan fingerprint density at radius 1 is 1.75 bits per heavy atom. The molecular formula is C2H5ClO4Ti. The summed E-state index contributed by atoms with van der Waals surface area (Å²) in [5.74, 6) is 0.256. The number of hydrogen-bond donors (Lipinski definition) is 1. The molecule has 0 radical (unpaired) electrons. The zero-order valence-electron chi connectivity index (χ0n) is 3.96. The molecule has 0 amide bonds. The monoisotopic (exact) mass is 176 g/mol. The fourth-order valence-electron chi connectivity index (χ4n) is 0.124. The molecule has 0 aromatic heterocycles. The van der Waals surface area contributed by atoms with Crippen LogP contribution < -0.4 is 0 Å². The van der Waals surface area contributed by atoms with Crippen molar-refractivity contribution in [2.45, 2.75) is 0 Å². The zero-order chi connectivity index (χ0) is 6.41. The minimum atomic E-state index is -3.45. The van der Waals surface area contributed by atoms with Gasteiger partial charge in [-0.1, -0.05) is 0 Å². The predicted molar refractivity (Wildman–Crippen MR) is 20.7 cm³/mol. The fraction of sp³-hybridized carbons (Fsp3) is 1.00. The van der Waals surface area contributed by atoms with Gasteiger partial charge in [-0.05, 0) is 0 Å². The van der Waals surface area contributed by atoms with Gasteiger partial charge in [0.25, 0.3) is 0 Å². The van der Waals surface area contributed by atoms with E-state index < -0.39 is 18.6 Å². The average Bonchev–Trinajstić information content (AvgIpc) is 1.66. The van der Waals surface area contributed by atoms with Gasteiger partial charge >= 0.3 is 58.1 Å². The van der Waals surface area contributed by atoms with Crippen LogP contribution in [0.3, 0.4) is 0 Å². The van der Waals surface area contributed by atoms with E-state index in [2.05, 4.69) is 8.36 Å². The molecule has 0 fully saturated rings. The summed E-state index contributed by atoms with van der Waals surface area (Å²) in [6.45, 7) is 0.140. The Morgan fingerprint density at radius 2 is 2.38 bits per heavy atom. The fourth-order valence-corrected chi connectivity index (χ4v) is 0.474. The Hall–Kier alpha value is 0.684. The molecule has 0 saturated carbocycles. The summed E-state index contributed by atoms with van der Waals surface area (Å²) in [6.07, 6.45) is 0. The van der Waals surface area contributed by atoms with E-state index in [0.29, 0.717) is 0 Å². The van der Waals surface area contributed by atoms with Gasteiger partial charge < -0.3 is 0 Å². The quantitative estimate of drug-likeness (QED) is 0.215. The Bertz CT molecular complexity index is 76.4. The van der Waals surface area contributed by atoms with Gasteiger partial charge in [0, 0.05) is 0 Å². The van der Waals surface area contributed by atoms with Crippen LogP contribution in [-0.4, -0.2) is 16.2 Å². The Kier molecular flexibility index (Phi) is 6.31. The van der Waals surface area contributed by atoms with Crippen molar-refractivity contribution in [2.75, 3.05) is 12.5 Å². The molecule has 0 aliphatic heterocycles. The average molecular weight is 176 g/mol. The summed E-state index contributed by atoms with van der Waals surface area (Å²) in [6, 6.07) is 0. The van der Waals surface area contributed by atoms with Gasteiger partial charge in [0.1, 0.15) is 0 Å². The molecule has 0 atom stereocenters. The van der Waals surface area contributed by atoms with Crippen LogP contribution in [0, 0.1) is 0 Å². The molecule has 4 nitrogen and oxygen atoms in total. The van der Waals surface area contributed by atoms with Crippen molar-refractivity contribution in [1.82, 2.24) is 0 Å². The van der Waals surface area contributed by atoms with Crippen LogP contribution in [-0.2, 0) is 30.3 Å². The van der Waals surface area contributed by atoms with Crippen molar-refractivity contribution in [3.63, 3.8) is 0 Å². The summed E-state index contributed by atoms with van der Waals surface area (Å²) < 4.78 is 21.6. The zero-order valence-corrected chi connectivity index (χ0v) is 6.28. The molecule has 48 valence electrons. The van der Waals surface area contributed by atoms with Crippen molar-refractivity contribution < 1.29 is 34.0 Å². The van der Waals surface area contributed by atoms with Crippen LogP contribution in [0.1, 0.15) is 0 Å². The van der Waals surface area contributed by atoms with Crippen molar-refractivity contribution in [2.24, 2.45) is 0 Å². The topological polar surface area (TPSA) is 55.8 Å². The van der Waals surface area contributed by atoms with Gasteiger partial charge in [-0.2, -0.15) is 0 Å². The summed E-state index contributed by atoms with van der Waals surface area (Å²) in [4.78, 5) is 4.12. The predicted octanol–water partition coefficient (Wildman–Crippen LogP) is -0.0406. The molecule has 0 aliphatic rings. The van der Waals surface area contributed by atoms with Crippen molar-refractivity contribution in [3.8, 4) is 0 Å². The Labute approximate surface area is 58.4 Å². The number of alkyl halides is 1. The summed E-state index contributed by atoms with van der Waals surface area (Å²) >= 11 is 1.66. The van der Waals surface area contributed by atoms with E-state index in [-0.39, 0.29) is 12.5 Å². The Balaban J connectivity index is 2.82. The van der Waals surface area contributed by atoms with Gasteiger partial charge in [0.05, 0.1) is 0 Å². The first-order valence-electron chi connectivity index (χ1n) is 1.85. The van der Waals surface area contributed by atoms with Gasteiger partial charge in [0.15, 0.2) is 0 Å². The molecule has 0 heterocycles. The second kappa shape index (κ2) is 5.81. The van der Waals surface area contributed by atoms with Crippen LogP contribution in [0.15, 0.2) is 0 Å². The summed E-state index contributed by atoms with van der Waals surface area (Å²) in [7, 11) is 0. The third-order valence-electron chi connectivity index (χ3n) is 0.291. The van der Waals surface area contributed by atoms with Gasteiger partial charge in [-0.15, -0.1) is 0 Å². The van der Waals surface area contributed by atoms with E-state index in [1.807, 2.05) is 0 Å². The van der Waals surface area contributed by atoms with E-state index in [4.69, 9.17) is 15.3 Å². The second-order valence-corrected chi connectivity index (χ2v) is 2.33. The maximum absolute atomic E-state index is 9.73. The first-order valence-corrected chi connectivity index (χ1v) is 4.36. The van der Waals surface area contributed by atoms with Gasteiger partial charge in [0.2, 0.25) is 0 Å². The van der Waals surface area contributed by atoms with Crippen molar-refractivity contribution >= 4 is 11.6 Å². The molecule has 6 heteroatoms. The Morgan fingerprint density at radius 3 is 2.75 bits per heavy atom. The molecular weight excluding hydrogens is 171 g/mol. The van der Waals surface area contributed by atoms with Crippen LogP contribution in [0.5, 0.6) is 0 Å². The molecule has 0 aromatic rings. The molecule has 0 saturated heterocycles. The van der Waals surface area contributed by atoms with E-state index in [1.54, 1.807) is 0 Å². The molecule has 0 spiro atoms. The van der Waals surface area contributed by atoms with Crippen LogP contribution >= 0.6 is 11.6 Å². The van der Waals surface area contributed by atoms with Crippen molar-refractivity contribution in [1.29, 1.82) is 0 Å². The molecule has 8 heavy (non-hydrogen) atoms. The number of rotatable bonds is 4. The number of halogens is 1. The summed E-state index contributed by atoms with van der Waals surface area (Å²) in [5, 5.41) is 0. The van der Waals surface area contributed by atoms with Gasteiger partial charge in [-0.25, -0.2) is 0 Å². The van der Waals surface area contributed by atoms with E-state index in [9.17, 15) is 3.32 Å². The normalized spacial score (nSPS) is 9.25. The SMILES string of the molecule is [O]=[Ti]([OH])[O]OCCCl. The standard InChI is InChI=1S/C2H5ClO2.H2O.O.Ti/c3-1-2-5-4;;;/h4H,1-2H2;1H2;;/q;;;+2/p-2. The summed E-state index contributed by atoms with van der Waals surface area (Å²) in [5.41, 5.74) is 0. The minimum absolute atomic E-state index is 0.140. The molecule has 0 bridgehead atoms. The molecule has 1 N–H and O–H groups in total. The van der Waals surface area contributed by atoms with Crippen LogP contribution in [0.25, 0.3) is 0 Å². The van der Waals surface area contributed by atoms with Crippen LogP contribution in [0.2, 0.25) is 0 Å². The van der Waals surface area contributed by atoms with E-state index in [0.717, 1.165) is 0 Å². The van der Waals surface area contributed by atoms with E-state index >= 15 is 0 Å². The molecule has 0 unspecified atom stereocenters.